The maximum atomic E-state index is 13.6. The summed E-state index contributed by atoms with van der Waals surface area (Å²) in [5.41, 5.74) is 0.568. The van der Waals surface area contributed by atoms with Crippen LogP contribution in [0.1, 0.15) is 32.3 Å². The molecule has 2 rings (SSSR count). The Morgan fingerprint density at radius 2 is 2.00 bits per heavy atom. The number of carbonyl (C=O) groups is 1. The molecule has 0 aliphatic carbocycles. The molecule has 0 radical (unpaired) electrons. The number of amides is 1. The van der Waals surface area contributed by atoms with Crippen molar-refractivity contribution >= 4 is 11.7 Å². The summed E-state index contributed by atoms with van der Waals surface area (Å²) in [4.78, 5) is 12.0. The molecule has 0 saturated carbocycles. The first kappa shape index (κ1) is 15.2. The summed E-state index contributed by atoms with van der Waals surface area (Å²) in [6, 6.07) is 8.32. The molecule has 21 heavy (non-hydrogen) atoms. The van der Waals surface area contributed by atoms with Gasteiger partial charge in [-0.3, -0.25) is 9.48 Å². The van der Waals surface area contributed by atoms with Crippen LogP contribution in [0.3, 0.4) is 0 Å². The normalized spacial score (nSPS) is 10.9. The summed E-state index contributed by atoms with van der Waals surface area (Å²) >= 11 is 0. The zero-order valence-electron chi connectivity index (χ0n) is 12.3. The molecule has 0 aliphatic rings. The highest BCUT2D eigenvalue weighted by Gasteiger charge is 2.15. The van der Waals surface area contributed by atoms with Gasteiger partial charge >= 0.3 is 0 Å². The van der Waals surface area contributed by atoms with E-state index in [1.54, 1.807) is 35.1 Å². The Labute approximate surface area is 124 Å². The first-order chi connectivity index (χ1) is 10.1. The molecule has 0 bridgehead atoms. The Kier molecular flexibility index (Phi) is 5.09. The van der Waals surface area contributed by atoms with Gasteiger partial charge < -0.3 is 5.32 Å². The van der Waals surface area contributed by atoms with Crippen LogP contribution in [0.2, 0.25) is 0 Å². The maximum absolute atomic E-state index is 13.6. The van der Waals surface area contributed by atoms with E-state index < -0.39 is 0 Å². The average molecular weight is 289 g/mol. The van der Waals surface area contributed by atoms with Crippen LogP contribution in [0.4, 0.5) is 10.2 Å². The molecule has 0 atom stereocenters. The van der Waals surface area contributed by atoms with E-state index >= 15 is 0 Å². The van der Waals surface area contributed by atoms with Gasteiger partial charge in [0.05, 0.1) is 6.54 Å². The molecule has 0 fully saturated rings. The number of hydrogen-bond donors (Lipinski definition) is 1. The molecule has 1 heterocycles. The smallest absolute Gasteiger partial charge is 0.228 e. The van der Waals surface area contributed by atoms with Gasteiger partial charge in [-0.1, -0.05) is 32.0 Å². The second-order valence-corrected chi connectivity index (χ2v) is 4.99. The van der Waals surface area contributed by atoms with Gasteiger partial charge in [0.15, 0.2) is 5.82 Å². The third-order valence-corrected chi connectivity index (χ3v) is 3.54. The van der Waals surface area contributed by atoms with Gasteiger partial charge in [0, 0.05) is 23.7 Å². The third kappa shape index (κ3) is 3.90. The molecule has 1 aromatic heterocycles. The predicted octanol–water partition coefficient (Wildman–Crippen LogP) is 3.45. The van der Waals surface area contributed by atoms with Crippen molar-refractivity contribution in [3.8, 4) is 0 Å². The van der Waals surface area contributed by atoms with E-state index in [4.69, 9.17) is 0 Å². The summed E-state index contributed by atoms with van der Waals surface area (Å²) in [6.07, 6.45) is 3.34. The van der Waals surface area contributed by atoms with Gasteiger partial charge in [-0.15, -0.1) is 0 Å². The fraction of sp³-hybridized carbons (Fsp3) is 0.375. The first-order valence-electron chi connectivity index (χ1n) is 7.21. The Balaban J connectivity index is 2.02. The number of anilines is 1. The minimum absolute atomic E-state index is 0.00159. The van der Waals surface area contributed by atoms with Crippen LogP contribution in [0.5, 0.6) is 0 Å². The lowest BCUT2D eigenvalue weighted by molar-refractivity contribution is -0.120. The fourth-order valence-electron chi connectivity index (χ4n) is 2.21. The second kappa shape index (κ2) is 7.02. The van der Waals surface area contributed by atoms with E-state index in [9.17, 15) is 9.18 Å². The molecule has 0 spiro atoms. The molecule has 1 N–H and O–H groups in total. The number of hydrogen-bond acceptors (Lipinski definition) is 2. The van der Waals surface area contributed by atoms with E-state index in [2.05, 4.69) is 10.4 Å². The van der Waals surface area contributed by atoms with Gasteiger partial charge in [-0.25, -0.2) is 4.39 Å². The van der Waals surface area contributed by atoms with Gasteiger partial charge in [0.25, 0.3) is 0 Å². The van der Waals surface area contributed by atoms with Crippen molar-refractivity contribution in [1.29, 1.82) is 0 Å². The van der Waals surface area contributed by atoms with E-state index in [0.29, 0.717) is 17.9 Å². The van der Waals surface area contributed by atoms with Crippen molar-refractivity contribution in [1.82, 2.24) is 9.78 Å². The van der Waals surface area contributed by atoms with E-state index in [-0.39, 0.29) is 17.6 Å². The molecule has 4 nitrogen and oxygen atoms in total. The van der Waals surface area contributed by atoms with Gasteiger partial charge in [0.1, 0.15) is 5.82 Å². The molecule has 2 aromatic rings. The zero-order valence-corrected chi connectivity index (χ0v) is 12.3. The topological polar surface area (TPSA) is 46.9 Å². The Morgan fingerprint density at radius 3 is 2.67 bits per heavy atom. The predicted molar refractivity (Wildman–Crippen MR) is 80.4 cm³/mol. The second-order valence-electron chi connectivity index (χ2n) is 4.99. The summed E-state index contributed by atoms with van der Waals surface area (Å²) in [5, 5.41) is 7.06. The summed E-state index contributed by atoms with van der Waals surface area (Å²) in [7, 11) is 0. The molecular formula is C16H20FN3O. The van der Waals surface area contributed by atoms with Crippen LogP contribution < -0.4 is 5.32 Å². The largest absolute Gasteiger partial charge is 0.309 e. The van der Waals surface area contributed by atoms with E-state index in [0.717, 1.165) is 12.8 Å². The van der Waals surface area contributed by atoms with Crippen LogP contribution in [-0.2, 0) is 11.3 Å². The molecule has 5 heteroatoms. The van der Waals surface area contributed by atoms with Gasteiger partial charge in [-0.05, 0) is 18.9 Å². The SMILES string of the molecule is CCC(CC)C(=O)Nc1ccn(Cc2ccccc2F)n1. The highest BCUT2D eigenvalue weighted by molar-refractivity contribution is 5.91. The van der Waals surface area contributed by atoms with Crippen LogP contribution in [0.15, 0.2) is 36.5 Å². The van der Waals surface area contributed by atoms with E-state index in [1.807, 2.05) is 13.8 Å². The lowest BCUT2D eigenvalue weighted by Gasteiger charge is -2.10. The highest BCUT2D eigenvalue weighted by Crippen LogP contribution is 2.13. The number of carbonyl (C=O) groups excluding carboxylic acids is 1. The van der Waals surface area contributed by atoms with Crippen molar-refractivity contribution in [2.45, 2.75) is 33.2 Å². The Bertz CT molecular complexity index is 605. The van der Waals surface area contributed by atoms with Gasteiger partial charge in [0.2, 0.25) is 5.91 Å². The molecule has 112 valence electrons. The zero-order chi connectivity index (χ0) is 15.2. The summed E-state index contributed by atoms with van der Waals surface area (Å²) in [6.45, 7) is 4.32. The van der Waals surface area contributed by atoms with Crippen molar-refractivity contribution in [3.05, 3.63) is 47.9 Å². The minimum Gasteiger partial charge on any atom is -0.309 e. The maximum Gasteiger partial charge on any atom is 0.228 e. The number of aromatic nitrogens is 2. The highest BCUT2D eigenvalue weighted by atomic mass is 19.1. The van der Waals surface area contributed by atoms with Crippen LogP contribution in [-0.4, -0.2) is 15.7 Å². The van der Waals surface area contributed by atoms with Crippen molar-refractivity contribution in [2.75, 3.05) is 5.32 Å². The molecule has 1 amide bonds. The van der Waals surface area contributed by atoms with Crippen LogP contribution in [0.25, 0.3) is 0 Å². The molecule has 0 aliphatic heterocycles. The molecule has 0 saturated heterocycles. The number of benzene rings is 1. The van der Waals surface area contributed by atoms with E-state index in [1.165, 1.54) is 6.07 Å². The Hall–Kier alpha value is -2.17. The van der Waals surface area contributed by atoms with Crippen molar-refractivity contribution in [2.24, 2.45) is 5.92 Å². The van der Waals surface area contributed by atoms with Gasteiger partial charge in [-0.2, -0.15) is 5.10 Å². The van der Waals surface area contributed by atoms with Crippen LogP contribution >= 0.6 is 0 Å². The van der Waals surface area contributed by atoms with Crippen LogP contribution in [0, 0.1) is 11.7 Å². The number of halogens is 1. The van der Waals surface area contributed by atoms with Crippen molar-refractivity contribution in [3.63, 3.8) is 0 Å². The monoisotopic (exact) mass is 289 g/mol. The third-order valence-electron chi connectivity index (χ3n) is 3.54. The minimum atomic E-state index is -0.254. The summed E-state index contributed by atoms with van der Waals surface area (Å²) in [5.74, 6) is 0.233. The van der Waals surface area contributed by atoms with Crippen molar-refractivity contribution < 1.29 is 9.18 Å². The number of rotatable bonds is 6. The Morgan fingerprint density at radius 1 is 1.29 bits per heavy atom. The summed E-state index contributed by atoms with van der Waals surface area (Å²) < 4.78 is 15.2. The number of nitrogens with one attached hydrogen (secondary N) is 1. The lowest BCUT2D eigenvalue weighted by atomic mass is 10.0. The lowest BCUT2D eigenvalue weighted by Crippen LogP contribution is -2.22. The number of nitrogens with zero attached hydrogens (tertiary/aromatic N) is 2. The average Bonchev–Trinajstić information content (AvgIpc) is 2.90. The molecule has 0 unspecified atom stereocenters. The first-order valence-corrected chi connectivity index (χ1v) is 7.21. The fourth-order valence-corrected chi connectivity index (χ4v) is 2.21. The molecule has 1 aromatic carbocycles. The quantitative estimate of drug-likeness (QED) is 0.885. The molecular weight excluding hydrogens is 269 g/mol. The standard InChI is InChI=1S/C16H20FN3O/c1-3-12(4-2)16(21)18-15-9-10-20(19-15)11-13-7-5-6-8-14(13)17/h5-10,12H,3-4,11H2,1-2H3,(H,18,19,21).